The molecule has 1 aliphatic carbocycles. The van der Waals surface area contributed by atoms with E-state index in [1.54, 1.807) is 13.1 Å². The Morgan fingerprint density at radius 3 is 2.83 bits per heavy atom. The number of alkyl halides is 2. The van der Waals surface area contributed by atoms with Gasteiger partial charge in [-0.3, -0.25) is 0 Å². The standard InChI is InChI=1S/C12H16F2N4/c1-12(14,8-4-3-5-9(15)6-8)10(13)11-17-16-7-18(11)2/h5-7,10H,3-4,15H2,1-2H3. The molecule has 1 aromatic heterocycles. The summed E-state index contributed by atoms with van der Waals surface area (Å²) in [5, 5.41) is 7.19. The molecule has 2 atom stereocenters. The second kappa shape index (κ2) is 4.51. The van der Waals surface area contributed by atoms with Gasteiger partial charge in [-0.1, -0.05) is 6.08 Å². The summed E-state index contributed by atoms with van der Waals surface area (Å²) in [5.41, 5.74) is 4.34. The Bertz CT molecular complexity index is 502. The number of hydrogen-bond donors (Lipinski definition) is 1. The highest BCUT2D eigenvalue weighted by Crippen LogP contribution is 2.40. The smallest absolute Gasteiger partial charge is 0.197 e. The first-order valence-corrected chi connectivity index (χ1v) is 5.76. The first-order chi connectivity index (χ1) is 8.43. The lowest BCUT2D eigenvalue weighted by atomic mass is 9.86. The number of allylic oxidation sites excluding steroid dienone is 3. The van der Waals surface area contributed by atoms with Gasteiger partial charge in [-0.25, -0.2) is 8.78 Å². The van der Waals surface area contributed by atoms with Gasteiger partial charge < -0.3 is 10.3 Å². The number of aromatic nitrogens is 3. The van der Waals surface area contributed by atoms with Crippen LogP contribution in [0.3, 0.4) is 0 Å². The fourth-order valence-electron chi connectivity index (χ4n) is 2.04. The van der Waals surface area contributed by atoms with Crippen molar-refractivity contribution >= 4 is 0 Å². The van der Waals surface area contributed by atoms with Gasteiger partial charge in [0.1, 0.15) is 6.33 Å². The molecular weight excluding hydrogens is 238 g/mol. The van der Waals surface area contributed by atoms with E-state index in [1.807, 2.05) is 0 Å². The van der Waals surface area contributed by atoms with Gasteiger partial charge in [0.2, 0.25) is 0 Å². The van der Waals surface area contributed by atoms with Gasteiger partial charge in [0.05, 0.1) is 0 Å². The van der Waals surface area contributed by atoms with E-state index in [0.29, 0.717) is 24.1 Å². The summed E-state index contributed by atoms with van der Waals surface area (Å²) in [5.74, 6) is -0.0194. The lowest BCUT2D eigenvalue weighted by molar-refractivity contribution is 0.0892. The molecule has 0 saturated carbocycles. The Labute approximate surface area is 104 Å². The summed E-state index contributed by atoms with van der Waals surface area (Å²) in [6.07, 6.45) is 3.89. The quantitative estimate of drug-likeness (QED) is 0.898. The number of hydrogen-bond acceptors (Lipinski definition) is 3. The van der Waals surface area contributed by atoms with E-state index in [2.05, 4.69) is 10.2 Å². The molecule has 18 heavy (non-hydrogen) atoms. The molecule has 1 aromatic rings. The number of nitrogens with zero attached hydrogens (tertiary/aromatic N) is 3. The zero-order valence-electron chi connectivity index (χ0n) is 10.4. The molecule has 2 rings (SSSR count). The molecule has 0 bridgehead atoms. The number of halogens is 2. The molecule has 0 saturated heterocycles. The van der Waals surface area contributed by atoms with Gasteiger partial charge in [-0.05, 0) is 31.4 Å². The maximum absolute atomic E-state index is 14.7. The van der Waals surface area contributed by atoms with Crippen LogP contribution in [-0.2, 0) is 7.05 Å². The molecule has 98 valence electrons. The van der Waals surface area contributed by atoms with E-state index >= 15 is 0 Å². The van der Waals surface area contributed by atoms with Gasteiger partial charge in [0.25, 0.3) is 0 Å². The fraction of sp³-hybridized carbons (Fsp3) is 0.500. The molecule has 0 radical (unpaired) electrons. The Kier molecular flexibility index (Phi) is 3.19. The SMILES string of the molecule is Cn1cnnc1C(F)C(C)(F)C1=CC(N)=CCC1. The average Bonchev–Trinajstić information content (AvgIpc) is 2.74. The minimum absolute atomic E-state index is 0.0194. The van der Waals surface area contributed by atoms with Gasteiger partial charge in [-0.2, -0.15) is 0 Å². The van der Waals surface area contributed by atoms with Crippen molar-refractivity contribution in [2.24, 2.45) is 12.8 Å². The van der Waals surface area contributed by atoms with Crippen molar-refractivity contribution in [1.29, 1.82) is 0 Å². The van der Waals surface area contributed by atoms with Crippen molar-refractivity contribution in [2.45, 2.75) is 31.6 Å². The highest BCUT2D eigenvalue weighted by atomic mass is 19.2. The monoisotopic (exact) mass is 254 g/mol. The van der Waals surface area contributed by atoms with Crippen LogP contribution in [0.25, 0.3) is 0 Å². The molecule has 0 spiro atoms. The summed E-state index contributed by atoms with van der Waals surface area (Å²) >= 11 is 0. The first kappa shape index (κ1) is 12.7. The molecule has 4 nitrogen and oxygen atoms in total. The van der Waals surface area contributed by atoms with E-state index < -0.39 is 11.8 Å². The van der Waals surface area contributed by atoms with E-state index in [4.69, 9.17) is 5.73 Å². The second-order valence-corrected chi connectivity index (χ2v) is 4.65. The minimum atomic E-state index is -2.13. The first-order valence-electron chi connectivity index (χ1n) is 5.76. The molecule has 0 amide bonds. The van der Waals surface area contributed by atoms with Gasteiger partial charge in [0, 0.05) is 12.7 Å². The van der Waals surface area contributed by atoms with Crippen LogP contribution in [0.5, 0.6) is 0 Å². The van der Waals surface area contributed by atoms with Crippen molar-refractivity contribution in [2.75, 3.05) is 0 Å². The van der Waals surface area contributed by atoms with Crippen molar-refractivity contribution < 1.29 is 8.78 Å². The van der Waals surface area contributed by atoms with Crippen molar-refractivity contribution in [3.8, 4) is 0 Å². The molecule has 0 aliphatic heterocycles. The fourth-order valence-corrected chi connectivity index (χ4v) is 2.04. The summed E-state index contributed by atoms with van der Waals surface area (Å²) in [6, 6.07) is 0. The topological polar surface area (TPSA) is 56.7 Å². The Morgan fingerprint density at radius 1 is 1.56 bits per heavy atom. The van der Waals surface area contributed by atoms with Crippen molar-refractivity contribution in [3.05, 3.63) is 35.6 Å². The summed E-state index contributed by atoms with van der Waals surface area (Å²) in [6.45, 7) is 1.22. The number of aryl methyl sites for hydroxylation is 1. The third-order valence-corrected chi connectivity index (χ3v) is 3.21. The predicted molar refractivity (Wildman–Crippen MR) is 64.0 cm³/mol. The lowest BCUT2D eigenvalue weighted by Crippen LogP contribution is -2.30. The van der Waals surface area contributed by atoms with Gasteiger partial charge >= 0.3 is 0 Å². The molecule has 1 aliphatic rings. The third kappa shape index (κ3) is 2.14. The van der Waals surface area contributed by atoms with Crippen LogP contribution in [0.2, 0.25) is 0 Å². The van der Waals surface area contributed by atoms with Gasteiger partial charge in [0.15, 0.2) is 17.7 Å². The highest BCUT2D eigenvalue weighted by Gasteiger charge is 2.42. The van der Waals surface area contributed by atoms with Crippen LogP contribution in [0.1, 0.15) is 31.8 Å². The zero-order chi connectivity index (χ0) is 13.3. The summed E-state index contributed by atoms with van der Waals surface area (Å²) in [4.78, 5) is 0. The van der Waals surface area contributed by atoms with E-state index in [-0.39, 0.29) is 5.82 Å². The van der Waals surface area contributed by atoms with Crippen LogP contribution >= 0.6 is 0 Å². The van der Waals surface area contributed by atoms with E-state index in [0.717, 1.165) is 0 Å². The molecule has 2 N–H and O–H groups in total. The average molecular weight is 254 g/mol. The largest absolute Gasteiger partial charge is 0.399 e. The zero-order valence-corrected chi connectivity index (χ0v) is 10.4. The molecule has 2 unspecified atom stereocenters. The summed E-state index contributed by atoms with van der Waals surface area (Å²) in [7, 11) is 1.58. The lowest BCUT2D eigenvalue weighted by Gasteiger charge is -2.28. The number of nitrogens with two attached hydrogens (primary N) is 1. The van der Waals surface area contributed by atoms with Crippen LogP contribution in [0, 0.1) is 0 Å². The van der Waals surface area contributed by atoms with Crippen molar-refractivity contribution in [3.63, 3.8) is 0 Å². The van der Waals surface area contributed by atoms with Crippen LogP contribution in [0.15, 0.2) is 29.7 Å². The van der Waals surface area contributed by atoms with Crippen molar-refractivity contribution in [1.82, 2.24) is 14.8 Å². The molecule has 0 aromatic carbocycles. The minimum Gasteiger partial charge on any atom is -0.399 e. The molecule has 0 fully saturated rings. The number of rotatable bonds is 3. The Hall–Kier alpha value is -1.72. The van der Waals surface area contributed by atoms with Crippen LogP contribution in [0.4, 0.5) is 8.78 Å². The summed E-state index contributed by atoms with van der Waals surface area (Å²) < 4.78 is 30.4. The maximum atomic E-state index is 14.7. The van der Waals surface area contributed by atoms with Gasteiger partial charge in [-0.15, -0.1) is 10.2 Å². The normalized spacial score (nSPS) is 20.9. The van der Waals surface area contributed by atoms with E-state index in [9.17, 15) is 8.78 Å². The van der Waals surface area contributed by atoms with Crippen LogP contribution < -0.4 is 5.73 Å². The predicted octanol–water partition coefficient (Wildman–Crippen LogP) is 2.12. The molecule has 6 heteroatoms. The Morgan fingerprint density at radius 2 is 2.28 bits per heavy atom. The Balaban J connectivity index is 2.31. The molecule has 1 heterocycles. The maximum Gasteiger partial charge on any atom is 0.197 e. The van der Waals surface area contributed by atoms with E-state index in [1.165, 1.54) is 23.9 Å². The highest BCUT2D eigenvalue weighted by molar-refractivity contribution is 5.32. The van der Waals surface area contributed by atoms with Crippen LogP contribution in [-0.4, -0.2) is 20.4 Å². The second-order valence-electron chi connectivity index (χ2n) is 4.65. The molecular formula is C12H16F2N4. The third-order valence-electron chi connectivity index (χ3n) is 3.21.